The zero-order chi connectivity index (χ0) is 22.3. The first-order chi connectivity index (χ1) is 14.8. The average Bonchev–Trinajstić information content (AvgIpc) is 2.97. The van der Waals surface area contributed by atoms with E-state index < -0.39 is 40.8 Å². The Balaban J connectivity index is 1.85. The quantitative estimate of drug-likeness (QED) is 0.475. The predicted molar refractivity (Wildman–Crippen MR) is 107 cm³/mol. The largest absolute Gasteiger partial charge is 0.350 e. The average molecular weight is 426 g/mol. The van der Waals surface area contributed by atoms with Crippen LogP contribution < -0.4 is 10.2 Å². The van der Waals surface area contributed by atoms with Gasteiger partial charge in [-0.3, -0.25) is 9.59 Å². The summed E-state index contributed by atoms with van der Waals surface area (Å²) < 4.78 is 55.0. The van der Waals surface area contributed by atoms with Gasteiger partial charge < -0.3 is 5.32 Å². The molecule has 3 aromatic carbocycles. The molecule has 1 N–H and O–H groups in total. The summed E-state index contributed by atoms with van der Waals surface area (Å²) in [7, 11) is 0. The van der Waals surface area contributed by atoms with E-state index in [4.69, 9.17) is 0 Å². The van der Waals surface area contributed by atoms with Crippen LogP contribution in [-0.2, 0) is 9.59 Å². The van der Waals surface area contributed by atoms with Crippen molar-refractivity contribution in [2.24, 2.45) is 0 Å². The van der Waals surface area contributed by atoms with Crippen molar-refractivity contribution in [1.82, 2.24) is 0 Å². The first kappa shape index (κ1) is 20.3. The Morgan fingerprint density at radius 3 is 2.10 bits per heavy atom. The van der Waals surface area contributed by atoms with Gasteiger partial charge in [0.2, 0.25) is 0 Å². The van der Waals surface area contributed by atoms with Gasteiger partial charge in [0.1, 0.15) is 17.3 Å². The minimum atomic E-state index is -1.16. The standard InChI is InChI=1S/C23H14F4N2O2/c1-12-2-4-13(5-3-12)20-21(28-15-7-9-16(25)18(27)11-15)23(31)29(22(20)30)19-10-14(24)6-8-17(19)26/h2-11,28H,1H3. The van der Waals surface area contributed by atoms with Gasteiger partial charge in [-0.05, 0) is 36.8 Å². The van der Waals surface area contributed by atoms with Crippen molar-refractivity contribution in [3.05, 3.63) is 101 Å². The summed E-state index contributed by atoms with van der Waals surface area (Å²) in [5, 5.41) is 2.63. The molecule has 2 amide bonds. The second kappa shape index (κ2) is 7.71. The monoisotopic (exact) mass is 426 g/mol. The van der Waals surface area contributed by atoms with Gasteiger partial charge in [0.05, 0.1) is 11.3 Å². The minimum Gasteiger partial charge on any atom is -0.350 e. The molecule has 0 saturated carbocycles. The Hall–Kier alpha value is -3.94. The Bertz CT molecular complexity index is 1250. The van der Waals surface area contributed by atoms with E-state index in [2.05, 4.69) is 5.32 Å². The molecule has 0 unspecified atom stereocenters. The number of hydrogen-bond donors (Lipinski definition) is 1. The van der Waals surface area contributed by atoms with Gasteiger partial charge in [0.15, 0.2) is 11.6 Å². The number of amides is 2. The summed E-state index contributed by atoms with van der Waals surface area (Å²) in [5.74, 6) is -5.91. The molecule has 1 aliphatic heterocycles. The number of imide groups is 1. The van der Waals surface area contributed by atoms with Crippen LogP contribution in [0.25, 0.3) is 5.57 Å². The molecule has 0 bridgehead atoms. The van der Waals surface area contributed by atoms with Crippen molar-refractivity contribution in [3.63, 3.8) is 0 Å². The molecule has 0 radical (unpaired) electrons. The van der Waals surface area contributed by atoms with Crippen LogP contribution in [-0.4, -0.2) is 11.8 Å². The highest BCUT2D eigenvalue weighted by atomic mass is 19.2. The molecule has 0 saturated heterocycles. The Morgan fingerprint density at radius 1 is 0.742 bits per heavy atom. The number of nitrogens with one attached hydrogen (secondary N) is 1. The van der Waals surface area contributed by atoms with Gasteiger partial charge in [-0.1, -0.05) is 29.8 Å². The fourth-order valence-electron chi connectivity index (χ4n) is 3.23. The lowest BCUT2D eigenvalue weighted by Gasteiger charge is -2.16. The topological polar surface area (TPSA) is 49.4 Å². The van der Waals surface area contributed by atoms with E-state index in [1.54, 1.807) is 24.3 Å². The molecule has 4 rings (SSSR count). The van der Waals surface area contributed by atoms with E-state index >= 15 is 0 Å². The molecule has 4 nitrogen and oxygen atoms in total. The van der Waals surface area contributed by atoms with Crippen molar-refractivity contribution >= 4 is 28.8 Å². The summed E-state index contributed by atoms with van der Waals surface area (Å²) >= 11 is 0. The lowest BCUT2D eigenvalue weighted by Crippen LogP contribution is -2.33. The number of halogens is 4. The predicted octanol–water partition coefficient (Wildman–Crippen LogP) is 4.95. The molecule has 31 heavy (non-hydrogen) atoms. The van der Waals surface area contributed by atoms with E-state index in [-0.39, 0.29) is 17.0 Å². The van der Waals surface area contributed by atoms with Crippen LogP contribution in [0.2, 0.25) is 0 Å². The maximum absolute atomic E-state index is 14.4. The number of carbonyl (C=O) groups excluding carboxylic acids is 2. The molecule has 0 aromatic heterocycles. The fraction of sp³-hybridized carbons (Fsp3) is 0.0435. The second-order valence-electron chi connectivity index (χ2n) is 6.91. The highest BCUT2D eigenvalue weighted by Crippen LogP contribution is 2.35. The molecule has 1 heterocycles. The first-order valence-corrected chi connectivity index (χ1v) is 9.13. The SMILES string of the molecule is Cc1ccc(C2=C(Nc3ccc(F)c(F)c3)C(=O)N(c3cc(F)ccc3F)C2=O)cc1. The van der Waals surface area contributed by atoms with Crippen LogP contribution in [0.5, 0.6) is 0 Å². The van der Waals surface area contributed by atoms with Crippen molar-refractivity contribution in [3.8, 4) is 0 Å². The summed E-state index contributed by atoms with van der Waals surface area (Å²) in [5.41, 5.74) is 0.294. The van der Waals surface area contributed by atoms with Crippen molar-refractivity contribution < 1.29 is 27.2 Å². The molecule has 3 aromatic rings. The number of aryl methyl sites for hydroxylation is 1. The van der Waals surface area contributed by atoms with Crippen molar-refractivity contribution in [1.29, 1.82) is 0 Å². The lowest BCUT2D eigenvalue weighted by atomic mass is 10.0. The number of carbonyl (C=O) groups is 2. The van der Waals surface area contributed by atoms with Gasteiger partial charge in [-0.25, -0.2) is 22.5 Å². The van der Waals surface area contributed by atoms with Crippen LogP contribution in [0.3, 0.4) is 0 Å². The van der Waals surface area contributed by atoms with E-state index in [0.717, 1.165) is 35.9 Å². The zero-order valence-corrected chi connectivity index (χ0v) is 16.0. The molecule has 8 heteroatoms. The molecular formula is C23H14F4N2O2. The number of benzene rings is 3. The Labute approximate surface area is 174 Å². The molecule has 0 spiro atoms. The van der Waals surface area contributed by atoms with Gasteiger partial charge in [0, 0.05) is 17.8 Å². The normalized spacial score (nSPS) is 13.9. The van der Waals surface area contributed by atoms with Crippen LogP contribution in [0.4, 0.5) is 28.9 Å². The zero-order valence-electron chi connectivity index (χ0n) is 16.0. The summed E-state index contributed by atoms with van der Waals surface area (Å²) in [6, 6.07) is 11.9. The van der Waals surface area contributed by atoms with Crippen LogP contribution in [0.1, 0.15) is 11.1 Å². The van der Waals surface area contributed by atoms with E-state index in [0.29, 0.717) is 10.5 Å². The van der Waals surface area contributed by atoms with Crippen molar-refractivity contribution in [2.45, 2.75) is 6.92 Å². The number of hydrogen-bond acceptors (Lipinski definition) is 3. The van der Waals surface area contributed by atoms with Crippen LogP contribution in [0, 0.1) is 30.2 Å². The highest BCUT2D eigenvalue weighted by Gasteiger charge is 2.41. The van der Waals surface area contributed by atoms with E-state index in [1.165, 1.54) is 6.07 Å². The van der Waals surface area contributed by atoms with Gasteiger partial charge in [-0.2, -0.15) is 0 Å². The number of nitrogens with zero attached hydrogens (tertiary/aromatic N) is 1. The third kappa shape index (κ3) is 3.68. The summed E-state index contributed by atoms with van der Waals surface area (Å²) in [6.07, 6.45) is 0. The highest BCUT2D eigenvalue weighted by molar-refractivity contribution is 6.46. The van der Waals surface area contributed by atoms with Gasteiger partial charge >= 0.3 is 0 Å². The van der Waals surface area contributed by atoms with Crippen LogP contribution in [0.15, 0.2) is 66.4 Å². The smallest absolute Gasteiger partial charge is 0.282 e. The first-order valence-electron chi connectivity index (χ1n) is 9.13. The third-order valence-corrected chi connectivity index (χ3v) is 4.76. The van der Waals surface area contributed by atoms with E-state index in [9.17, 15) is 27.2 Å². The van der Waals surface area contributed by atoms with E-state index in [1.807, 2.05) is 6.92 Å². The molecule has 0 aliphatic carbocycles. The Morgan fingerprint density at radius 2 is 1.42 bits per heavy atom. The van der Waals surface area contributed by atoms with Crippen LogP contribution >= 0.6 is 0 Å². The second-order valence-corrected chi connectivity index (χ2v) is 6.91. The fourth-order valence-corrected chi connectivity index (χ4v) is 3.23. The maximum Gasteiger partial charge on any atom is 0.282 e. The molecule has 1 aliphatic rings. The third-order valence-electron chi connectivity index (χ3n) is 4.76. The Kier molecular flexibility index (Phi) is 5.06. The summed E-state index contributed by atoms with van der Waals surface area (Å²) in [4.78, 5) is 26.8. The molecule has 0 atom stereocenters. The number of rotatable bonds is 4. The minimum absolute atomic E-state index is 0.00114. The van der Waals surface area contributed by atoms with Gasteiger partial charge in [-0.15, -0.1) is 0 Å². The molecule has 156 valence electrons. The maximum atomic E-state index is 14.4. The molecular weight excluding hydrogens is 412 g/mol. The number of anilines is 2. The van der Waals surface area contributed by atoms with Gasteiger partial charge in [0.25, 0.3) is 11.8 Å². The molecule has 0 fully saturated rings. The lowest BCUT2D eigenvalue weighted by molar-refractivity contribution is -0.120. The summed E-state index contributed by atoms with van der Waals surface area (Å²) in [6.45, 7) is 1.83. The van der Waals surface area contributed by atoms with Crippen molar-refractivity contribution in [2.75, 3.05) is 10.2 Å².